The highest BCUT2D eigenvalue weighted by Gasteiger charge is 2.42. The number of fused-ring (bicyclic) bond motifs is 4. The maximum atomic E-state index is 14.0. The second-order valence-electron chi connectivity index (χ2n) is 6.22. The Kier molecular flexibility index (Phi) is 2.56. The summed E-state index contributed by atoms with van der Waals surface area (Å²) in [6.07, 6.45) is 4.70. The third-order valence-corrected chi connectivity index (χ3v) is 5.12. The van der Waals surface area contributed by atoms with E-state index in [1.807, 2.05) is 18.3 Å². The Bertz CT molecular complexity index is 900. The van der Waals surface area contributed by atoms with Crippen LogP contribution in [0.5, 0.6) is 0 Å². The molecular weight excluding hydrogens is 295 g/mol. The van der Waals surface area contributed by atoms with Crippen molar-refractivity contribution in [3.05, 3.63) is 60.1 Å². The van der Waals surface area contributed by atoms with Gasteiger partial charge in [0, 0.05) is 18.0 Å². The van der Waals surface area contributed by atoms with E-state index in [9.17, 15) is 9.50 Å². The molecule has 2 aliphatic heterocycles. The van der Waals surface area contributed by atoms with Gasteiger partial charge in [0.1, 0.15) is 11.8 Å². The van der Waals surface area contributed by atoms with Gasteiger partial charge in [-0.1, -0.05) is 24.3 Å². The fraction of sp³-hybridized carbons (Fsp3) is 0.294. The van der Waals surface area contributed by atoms with Crippen LogP contribution in [0.4, 0.5) is 4.39 Å². The summed E-state index contributed by atoms with van der Waals surface area (Å²) in [5, 5.41) is 14.8. The summed E-state index contributed by atoms with van der Waals surface area (Å²) in [6, 6.07) is 8.14. The number of hydrogen-bond donors (Lipinski definition) is 1. The molecule has 0 spiro atoms. The van der Waals surface area contributed by atoms with E-state index in [2.05, 4.69) is 26.8 Å². The van der Waals surface area contributed by atoms with E-state index in [4.69, 9.17) is 0 Å². The summed E-state index contributed by atoms with van der Waals surface area (Å²) < 4.78 is 17.7. The SMILES string of the molecule is OC1c2c(F)cnn2CC[C@@H]1C1c2ccccc2-c2cncn21. The highest BCUT2D eigenvalue weighted by Crippen LogP contribution is 2.48. The van der Waals surface area contributed by atoms with Crippen LogP contribution in [-0.4, -0.2) is 24.4 Å². The van der Waals surface area contributed by atoms with Gasteiger partial charge in [0.2, 0.25) is 0 Å². The molecule has 5 nitrogen and oxygen atoms in total. The molecule has 0 bridgehead atoms. The van der Waals surface area contributed by atoms with Gasteiger partial charge in [0.15, 0.2) is 5.82 Å². The minimum atomic E-state index is -0.877. The highest BCUT2D eigenvalue weighted by molar-refractivity contribution is 5.69. The first-order chi connectivity index (χ1) is 11.3. The monoisotopic (exact) mass is 310 g/mol. The number of imidazole rings is 1. The largest absolute Gasteiger partial charge is 0.386 e. The number of benzene rings is 1. The van der Waals surface area contributed by atoms with Crippen LogP contribution in [0.1, 0.15) is 29.8 Å². The summed E-state index contributed by atoms with van der Waals surface area (Å²) >= 11 is 0. The highest BCUT2D eigenvalue weighted by atomic mass is 19.1. The lowest BCUT2D eigenvalue weighted by atomic mass is 9.83. The van der Waals surface area contributed by atoms with Crippen LogP contribution in [0.15, 0.2) is 43.0 Å². The molecule has 0 saturated carbocycles. The molecule has 116 valence electrons. The predicted molar refractivity (Wildman–Crippen MR) is 81.1 cm³/mol. The molecule has 2 aliphatic rings. The van der Waals surface area contributed by atoms with Gasteiger partial charge in [-0.25, -0.2) is 9.37 Å². The van der Waals surface area contributed by atoms with Gasteiger partial charge in [-0.2, -0.15) is 5.10 Å². The first kappa shape index (κ1) is 13.0. The average Bonchev–Trinajstić information content (AvgIpc) is 3.23. The fourth-order valence-electron chi connectivity index (χ4n) is 4.12. The van der Waals surface area contributed by atoms with E-state index in [0.29, 0.717) is 12.2 Å². The number of aromatic nitrogens is 4. The van der Waals surface area contributed by atoms with Crippen LogP contribution < -0.4 is 0 Å². The number of aliphatic hydroxyl groups excluding tert-OH is 1. The van der Waals surface area contributed by atoms with Crippen molar-refractivity contribution >= 4 is 0 Å². The topological polar surface area (TPSA) is 55.9 Å². The van der Waals surface area contributed by atoms with Gasteiger partial charge in [-0.15, -0.1) is 0 Å². The van der Waals surface area contributed by atoms with E-state index in [1.54, 1.807) is 11.0 Å². The molecule has 4 heterocycles. The number of halogens is 1. The van der Waals surface area contributed by atoms with Crippen LogP contribution in [0.3, 0.4) is 0 Å². The Hall–Kier alpha value is -2.47. The molecule has 23 heavy (non-hydrogen) atoms. The first-order valence-electron chi connectivity index (χ1n) is 7.76. The number of rotatable bonds is 1. The number of aliphatic hydroxyl groups is 1. The Morgan fingerprint density at radius 1 is 1.22 bits per heavy atom. The Morgan fingerprint density at radius 3 is 3.00 bits per heavy atom. The van der Waals surface area contributed by atoms with E-state index in [0.717, 1.165) is 17.7 Å². The van der Waals surface area contributed by atoms with Crippen molar-refractivity contribution in [1.82, 2.24) is 19.3 Å². The number of hydrogen-bond acceptors (Lipinski definition) is 3. The molecular formula is C17H15FN4O. The van der Waals surface area contributed by atoms with Crippen molar-refractivity contribution in [3.63, 3.8) is 0 Å². The maximum Gasteiger partial charge on any atom is 0.166 e. The molecule has 1 aromatic carbocycles. The van der Waals surface area contributed by atoms with Crippen LogP contribution in [0.25, 0.3) is 11.3 Å². The normalized spacial score (nSPS) is 25.0. The van der Waals surface area contributed by atoms with Gasteiger partial charge in [-0.3, -0.25) is 4.68 Å². The van der Waals surface area contributed by atoms with Gasteiger partial charge in [0.25, 0.3) is 0 Å². The summed E-state index contributed by atoms with van der Waals surface area (Å²) in [5.74, 6) is -0.537. The van der Waals surface area contributed by atoms with Gasteiger partial charge in [0.05, 0.1) is 30.5 Å². The predicted octanol–water partition coefficient (Wildman–Crippen LogP) is 2.54. The fourth-order valence-corrected chi connectivity index (χ4v) is 4.12. The molecule has 5 rings (SSSR count). The van der Waals surface area contributed by atoms with Crippen molar-refractivity contribution in [2.75, 3.05) is 0 Å². The van der Waals surface area contributed by atoms with Gasteiger partial charge < -0.3 is 9.67 Å². The zero-order valence-electron chi connectivity index (χ0n) is 12.3. The van der Waals surface area contributed by atoms with Crippen molar-refractivity contribution < 1.29 is 9.50 Å². The molecule has 0 fully saturated rings. The van der Waals surface area contributed by atoms with E-state index in [1.165, 1.54) is 11.8 Å². The Labute approximate surface area is 132 Å². The molecule has 0 amide bonds. The lowest BCUT2D eigenvalue weighted by molar-refractivity contribution is 0.0492. The lowest BCUT2D eigenvalue weighted by Gasteiger charge is -2.34. The third-order valence-electron chi connectivity index (χ3n) is 5.12. The zero-order valence-corrected chi connectivity index (χ0v) is 12.3. The summed E-state index contributed by atoms with van der Waals surface area (Å²) in [4.78, 5) is 4.25. The van der Waals surface area contributed by atoms with Crippen molar-refractivity contribution in [2.45, 2.75) is 25.1 Å². The average molecular weight is 310 g/mol. The smallest absolute Gasteiger partial charge is 0.166 e. The van der Waals surface area contributed by atoms with Crippen LogP contribution in [0, 0.1) is 11.7 Å². The minimum absolute atomic E-state index is 0.0262. The number of aryl methyl sites for hydroxylation is 1. The van der Waals surface area contributed by atoms with Crippen LogP contribution >= 0.6 is 0 Å². The maximum absolute atomic E-state index is 14.0. The molecule has 2 unspecified atom stereocenters. The first-order valence-corrected chi connectivity index (χ1v) is 7.76. The van der Waals surface area contributed by atoms with Crippen LogP contribution in [0.2, 0.25) is 0 Å². The van der Waals surface area contributed by atoms with Crippen molar-refractivity contribution in [3.8, 4) is 11.3 Å². The minimum Gasteiger partial charge on any atom is -0.386 e. The number of nitrogens with zero attached hydrogens (tertiary/aromatic N) is 4. The molecule has 6 heteroatoms. The van der Waals surface area contributed by atoms with Crippen molar-refractivity contribution in [2.24, 2.45) is 5.92 Å². The van der Waals surface area contributed by atoms with Crippen molar-refractivity contribution in [1.29, 1.82) is 0 Å². The standard InChI is InChI=1S/C17H15FN4O/c18-13-7-20-22-6-5-12(17(23)16(13)22)15-11-4-2-1-3-10(11)14-8-19-9-21(14)15/h1-4,7-9,12,15,17,23H,5-6H2/t12-,15?,17?/m1/s1. The van der Waals surface area contributed by atoms with E-state index in [-0.39, 0.29) is 12.0 Å². The molecule has 1 N–H and O–H groups in total. The Morgan fingerprint density at radius 2 is 2.09 bits per heavy atom. The summed E-state index contributed by atoms with van der Waals surface area (Å²) in [6.45, 7) is 0.615. The Balaban J connectivity index is 1.65. The molecule has 3 aromatic rings. The van der Waals surface area contributed by atoms with Gasteiger partial charge in [-0.05, 0) is 12.0 Å². The van der Waals surface area contributed by atoms with E-state index < -0.39 is 11.9 Å². The molecule has 0 aliphatic carbocycles. The van der Waals surface area contributed by atoms with E-state index >= 15 is 0 Å². The second kappa shape index (κ2) is 4.52. The van der Waals surface area contributed by atoms with Gasteiger partial charge >= 0.3 is 0 Å². The second-order valence-corrected chi connectivity index (χ2v) is 6.22. The molecule has 2 aromatic heterocycles. The summed E-state index contributed by atoms with van der Waals surface area (Å²) in [5.41, 5.74) is 3.66. The third kappa shape index (κ3) is 1.64. The molecule has 0 saturated heterocycles. The molecule has 0 radical (unpaired) electrons. The lowest BCUT2D eigenvalue weighted by Crippen LogP contribution is -2.31. The van der Waals surface area contributed by atoms with Crippen LogP contribution in [-0.2, 0) is 6.54 Å². The quantitative estimate of drug-likeness (QED) is 0.751. The zero-order chi connectivity index (χ0) is 15.6. The summed E-state index contributed by atoms with van der Waals surface area (Å²) in [7, 11) is 0. The molecule has 3 atom stereocenters.